The average Bonchev–Trinajstić information content (AvgIpc) is 3.45. The molecule has 0 unspecified atom stereocenters. The van der Waals surface area contributed by atoms with Crippen LogP contribution in [0.3, 0.4) is 0 Å². The molecule has 33 heavy (non-hydrogen) atoms. The van der Waals surface area contributed by atoms with Crippen molar-refractivity contribution in [3.05, 3.63) is 103 Å². The summed E-state index contributed by atoms with van der Waals surface area (Å²) in [6.07, 6.45) is 1.78. The number of thiocarbonyl (C=S) groups is 1. The van der Waals surface area contributed by atoms with E-state index in [2.05, 4.69) is 15.6 Å². The van der Waals surface area contributed by atoms with Crippen molar-refractivity contribution >= 4 is 34.6 Å². The minimum atomic E-state index is -0.239. The third-order valence-corrected chi connectivity index (χ3v) is 5.86. The Morgan fingerprint density at radius 2 is 1.76 bits per heavy atom. The fraction of sp³-hybridized carbons (Fsp3) is 0.115. The van der Waals surface area contributed by atoms with Crippen LogP contribution in [0, 0.1) is 0 Å². The zero-order valence-electron chi connectivity index (χ0n) is 17.9. The van der Waals surface area contributed by atoms with E-state index < -0.39 is 0 Å². The lowest BCUT2D eigenvalue weighted by Gasteiger charge is -2.26. The van der Waals surface area contributed by atoms with Gasteiger partial charge in [0.25, 0.3) is 0 Å². The van der Waals surface area contributed by atoms with Crippen LogP contribution in [0.2, 0.25) is 0 Å². The van der Waals surface area contributed by atoms with Crippen LogP contribution in [0.4, 0.5) is 11.4 Å². The molecule has 4 aromatic rings. The van der Waals surface area contributed by atoms with Gasteiger partial charge in [-0.3, -0.25) is 9.78 Å². The van der Waals surface area contributed by atoms with Gasteiger partial charge in [0.1, 0.15) is 17.6 Å². The molecule has 5 rings (SSSR count). The second-order valence-electron chi connectivity index (χ2n) is 7.79. The maximum absolute atomic E-state index is 11.4. The molecular weight excluding hydrogens is 432 g/mol. The number of furan rings is 1. The first-order chi connectivity index (χ1) is 16.1. The number of hydrogen-bond donors (Lipinski definition) is 2. The number of rotatable bonds is 5. The summed E-state index contributed by atoms with van der Waals surface area (Å²) < 4.78 is 6.36. The molecule has 0 saturated carbocycles. The normalized spacial score (nSPS) is 17.6. The van der Waals surface area contributed by atoms with Gasteiger partial charge in [-0.2, -0.15) is 0 Å². The second-order valence-corrected chi connectivity index (χ2v) is 8.18. The van der Waals surface area contributed by atoms with Gasteiger partial charge in [0.05, 0.1) is 11.7 Å². The number of carbonyl (C=O) groups excluding carboxylic acids is 1. The third-order valence-electron chi connectivity index (χ3n) is 5.54. The van der Waals surface area contributed by atoms with E-state index in [0.29, 0.717) is 5.11 Å². The van der Waals surface area contributed by atoms with Gasteiger partial charge in [-0.15, -0.1) is 0 Å². The van der Waals surface area contributed by atoms with Crippen molar-refractivity contribution in [3.8, 4) is 11.3 Å². The van der Waals surface area contributed by atoms with Gasteiger partial charge in [0.2, 0.25) is 5.91 Å². The van der Waals surface area contributed by atoms with Crippen LogP contribution in [0.5, 0.6) is 0 Å². The first-order valence-electron chi connectivity index (χ1n) is 10.6. The van der Waals surface area contributed by atoms with Gasteiger partial charge in [-0.05, 0) is 60.7 Å². The molecule has 2 aromatic carbocycles. The zero-order valence-corrected chi connectivity index (χ0v) is 18.8. The average molecular weight is 455 g/mol. The highest BCUT2D eigenvalue weighted by Gasteiger charge is 2.42. The maximum Gasteiger partial charge on any atom is 0.221 e. The number of pyridine rings is 1. The Hall–Kier alpha value is -3.97. The van der Waals surface area contributed by atoms with Crippen molar-refractivity contribution in [1.29, 1.82) is 0 Å². The Morgan fingerprint density at radius 1 is 1.00 bits per heavy atom. The van der Waals surface area contributed by atoms with E-state index in [-0.39, 0.29) is 18.0 Å². The molecule has 164 valence electrons. The number of benzene rings is 2. The van der Waals surface area contributed by atoms with Crippen molar-refractivity contribution in [1.82, 2.24) is 10.3 Å². The van der Waals surface area contributed by atoms with E-state index in [1.807, 2.05) is 89.8 Å². The fourth-order valence-corrected chi connectivity index (χ4v) is 4.45. The van der Waals surface area contributed by atoms with E-state index >= 15 is 0 Å². The molecule has 1 saturated heterocycles. The lowest BCUT2D eigenvalue weighted by Crippen LogP contribution is -2.29. The van der Waals surface area contributed by atoms with Crippen molar-refractivity contribution in [2.24, 2.45) is 0 Å². The molecule has 6 nitrogen and oxygen atoms in total. The summed E-state index contributed by atoms with van der Waals surface area (Å²) in [7, 11) is 0. The molecule has 0 radical (unpaired) electrons. The number of amides is 1. The first-order valence-corrected chi connectivity index (χ1v) is 11.0. The number of nitrogens with one attached hydrogen (secondary N) is 2. The van der Waals surface area contributed by atoms with E-state index in [9.17, 15) is 4.79 Å². The molecule has 2 aromatic heterocycles. The fourth-order valence-electron chi connectivity index (χ4n) is 4.10. The maximum atomic E-state index is 11.4. The van der Waals surface area contributed by atoms with Crippen LogP contribution in [0.1, 0.15) is 30.5 Å². The summed E-state index contributed by atoms with van der Waals surface area (Å²) in [4.78, 5) is 18.0. The first kappa shape index (κ1) is 20.9. The van der Waals surface area contributed by atoms with Gasteiger partial charge >= 0.3 is 0 Å². The van der Waals surface area contributed by atoms with Gasteiger partial charge in [0, 0.05) is 30.1 Å². The highest BCUT2D eigenvalue weighted by molar-refractivity contribution is 7.80. The predicted molar refractivity (Wildman–Crippen MR) is 133 cm³/mol. The summed E-state index contributed by atoms with van der Waals surface area (Å²) in [5.74, 6) is 1.46. The Balaban J connectivity index is 1.55. The molecular formula is C26H22N4O2S. The summed E-state index contributed by atoms with van der Waals surface area (Å²) in [6.45, 7) is 1.49. The Labute approximate surface area is 197 Å². The Morgan fingerprint density at radius 3 is 2.45 bits per heavy atom. The number of anilines is 2. The second kappa shape index (κ2) is 8.88. The monoisotopic (exact) mass is 454 g/mol. The molecule has 1 aliphatic heterocycles. The summed E-state index contributed by atoms with van der Waals surface area (Å²) in [5, 5.41) is 6.81. The topological polar surface area (TPSA) is 70.4 Å². The molecule has 1 amide bonds. The highest BCUT2D eigenvalue weighted by atomic mass is 32.1. The highest BCUT2D eigenvalue weighted by Crippen LogP contribution is 2.43. The molecule has 7 heteroatoms. The van der Waals surface area contributed by atoms with Crippen molar-refractivity contribution in [3.63, 3.8) is 0 Å². The summed E-state index contributed by atoms with van der Waals surface area (Å²) >= 11 is 5.76. The van der Waals surface area contributed by atoms with Gasteiger partial charge in [-0.1, -0.05) is 36.4 Å². The molecule has 2 atom stereocenters. The molecule has 3 heterocycles. The molecule has 2 N–H and O–H groups in total. The van der Waals surface area contributed by atoms with E-state index in [4.69, 9.17) is 16.6 Å². The van der Waals surface area contributed by atoms with Crippen molar-refractivity contribution in [2.45, 2.75) is 19.0 Å². The van der Waals surface area contributed by atoms with Gasteiger partial charge in [-0.25, -0.2) is 0 Å². The van der Waals surface area contributed by atoms with Crippen LogP contribution in [0.25, 0.3) is 11.3 Å². The SMILES string of the molecule is CC(=O)Nc1ccc(N2C(=S)N[C@H](c3ccccn3)[C@@H]2c2ccc(-c3ccccc3)o2)cc1. The number of carbonyl (C=O) groups is 1. The van der Waals surface area contributed by atoms with Gasteiger partial charge < -0.3 is 20.0 Å². The molecule has 1 aliphatic rings. The van der Waals surface area contributed by atoms with Crippen molar-refractivity contribution < 1.29 is 9.21 Å². The van der Waals surface area contributed by atoms with E-state index in [1.165, 1.54) is 6.92 Å². The van der Waals surface area contributed by atoms with Crippen LogP contribution < -0.4 is 15.5 Å². The minimum Gasteiger partial charge on any atom is -0.459 e. The smallest absolute Gasteiger partial charge is 0.221 e. The predicted octanol–water partition coefficient (Wildman–Crippen LogP) is 5.48. The third kappa shape index (κ3) is 4.23. The number of hydrogen-bond acceptors (Lipinski definition) is 4. The molecule has 0 spiro atoms. The quantitative estimate of drug-likeness (QED) is 0.389. The summed E-state index contributed by atoms with van der Waals surface area (Å²) in [6, 6.07) is 27.0. The van der Waals surface area contributed by atoms with Crippen LogP contribution in [-0.4, -0.2) is 16.0 Å². The van der Waals surface area contributed by atoms with E-state index in [0.717, 1.165) is 34.2 Å². The lowest BCUT2D eigenvalue weighted by molar-refractivity contribution is -0.114. The van der Waals surface area contributed by atoms with Crippen LogP contribution in [0.15, 0.2) is 95.5 Å². The molecule has 0 aliphatic carbocycles. The largest absolute Gasteiger partial charge is 0.459 e. The van der Waals surface area contributed by atoms with Crippen LogP contribution >= 0.6 is 12.2 Å². The zero-order chi connectivity index (χ0) is 22.8. The minimum absolute atomic E-state index is 0.113. The number of aromatic nitrogens is 1. The standard InChI is InChI=1S/C26H22N4O2S/c1-17(31)28-19-10-12-20(13-11-19)30-25(24(29-26(30)33)21-9-5-6-16-27-21)23-15-14-22(32-23)18-7-3-2-4-8-18/h2-16,24-25H,1H3,(H,28,31)(H,29,33)/t24-,25+/m1/s1. The van der Waals surface area contributed by atoms with Crippen LogP contribution in [-0.2, 0) is 4.79 Å². The molecule has 0 bridgehead atoms. The van der Waals surface area contributed by atoms with Gasteiger partial charge in [0.15, 0.2) is 5.11 Å². The number of nitrogens with zero attached hydrogens (tertiary/aromatic N) is 2. The Bertz CT molecular complexity index is 1270. The Kier molecular flexibility index (Phi) is 5.62. The van der Waals surface area contributed by atoms with E-state index in [1.54, 1.807) is 6.20 Å². The van der Waals surface area contributed by atoms with Crippen molar-refractivity contribution in [2.75, 3.05) is 10.2 Å². The molecule has 1 fully saturated rings. The lowest BCUT2D eigenvalue weighted by atomic mass is 10.0. The summed E-state index contributed by atoms with van der Waals surface area (Å²) in [5.41, 5.74) is 3.51.